The fourth-order valence-electron chi connectivity index (χ4n) is 1.60. The van der Waals surface area contributed by atoms with Crippen LogP contribution in [0, 0.1) is 6.07 Å². The lowest BCUT2D eigenvalue weighted by atomic mass is 10.1. The van der Waals surface area contributed by atoms with E-state index >= 15 is 0 Å². The van der Waals surface area contributed by atoms with Crippen LogP contribution in [-0.4, -0.2) is 17.7 Å². The molecule has 2 aliphatic rings. The first-order valence-corrected chi connectivity index (χ1v) is 5.04. The summed E-state index contributed by atoms with van der Waals surface area (Å²) in [5, 5.41) is 9.66. The minimum absolute atomic E-state index is 0.153. The highest BCUT2D eigenvalue weighted by Crippen LogP contribution is 2.35. The van der Waals surface area contributed by atoms with E-state index in [2.05, 4.69) is 6.07 Å². The van der Waals surface area contributed by atoms with E-state index in [1.807, 2.05) is 12.1 Å². The van der Waals surface area contributed by atoms with Gasteiger partial charge < -0.3 is 9.84 Å². The monoisotopic (exact) mass is 215 g/mol. The van der Waals surface area contributed by atoms with Crippen molar-refractivity contribution in [2.24, 2.45) is 0 Å². The Morgan fingerprint density at radius 3 is 2.88 bits per heavy atom. The number of carbonyl (C=O) groups excluding carboxylic acids is 1. The molecule has 0 atom stereocenters. The van der Waals surface area contributed by atoms with E-state index in [1.165, 1.54) is 0 Å². The molecule has 0 bridgehead atoms. The molecule has 0 aliphatic heterocycles. The van der Waals surface area contributed by atoms with Crippen molar-refractivity contribution in [2.75, 3.05) is 6.61 Å². The highest BCUT2D eigenvalue weighted by Gasteiger charge is 2.22. The van der Waals surface area contributed by atoms with Gasteiger partial charge in [-0.25, -0.2) is 4.79 Å². The number of hydrogen-bond donors (Lipinski definition) is 1. The minimum atomic E-state index is -0.516. The first kappa shape index (κ1) is 10.5. The molecule has 16 heavy (non-hydrogen) atoms. The Labute approximate surface area is 93.6 Å². The van der Waals surface area contributed by atoms with Crippen molar-refractivity contribution in [2.45, 2.75) is 6.92 Å². The summed E-state index contributed by atoms with van der Waals surface area (Å²) in [5.74, 6) is -0.669. The van der Waals surface area contributed by atoms with Crippen molar-refractivity contribution in [3.63, 3.8) is 0 Å². The summed E-state index contributed by atoms with van der Waals surface area (Å²) in [6.45, 7) is 2.01. The summed E-state index contributed by atoms with van der Waals surface area (Å²) in [7, 11) is 0. The molecule has 0 aromatic rings. The highest BCUT2D eigenvalue weighted by atomic mass is 16.5. The van der Waals surface area contributed by atoms with Gasteiger partial charge in [0.2, 0.25) is 0 Å². The number of carbonyl (C=O) groups is 1. The predicted molar refractivity (Wildman–Crippen MR) is 59.5 cm³/mol. The van der Waals surface area contributed by atoms with Crippen LogP contribution in [0.1, 0.15) is 17.3 Å². The van der Waals surface area contributed by atoms with Crippen molar-refractivity contribution in [3.05, 3.63) is 42.0 Å². The van der Waals surface area contributed by atoms with Crippen LogP contribution in [0.3, 0.4) is 0 Å². The summed E-state index contributed by atoms with van der Waals surface area (Å²) in [6, 6.07) is 11.8. The van der Waals surface area contributed by atoms with Crippen molar-refractivity contribution in [1.82, 2.24) is 0 Å². The van der Waals surface area contributed by atoms with Gasteiger partial charge in [-0.1, -0.05) is 30.3 Å². The lowest BCUT2D eigenvalue weighted by molar-refractivity contribution is 0.0524. The van der Waals surface area contributed by atoms with E-state index in [9.17, 15) is 9.90 Å². The molecule has 0 saturated carbocycles. The van der Waals surface area contributed by atoms with Gasteiger partial charge in [0.25, 0.3) is 0 Å². The van der Waals surface area contributed by atoms with Gasteiger partial charge in [0.1, 0.15) is 11.3 Å². The van der Waals surface area contributed by atoms with Crippen LogP contribution in [-0.2, 0) is 4.74 Å². The Balaban J connectivity index is 2.56. The lowest BCUT2D eigenvalue weighted by Gasteiger charge is -2.02. The number of fused-ring (bicyclic) bond motifs is 1. The maximum atomic E-state index is 11.6. The van der Waals surface area contributed by atoms with Crippen LogP contribution < -0.4 is 0 Å². The van der Waals surface area contributed by atoms with Gasteiger partial charge in [0, 0.05) is 11.6 Å². The standard InChI is InChI=1S/C13H11O3/c1-2-16-13(15)12-10-7-5-3-4-6-9(10)8-11(12)14/h3-7,14H,2H2,1H3. The van der Waals surface area contributed by atoms with Gasteiger partial charge >= 0.3 is 5.97 Å². The molecule has 3 nitrogen and oxygen atoms in total. The van der Waals surface area contributed by atoms with Crippen molar-refractivity contribution in [3.8, 4) is 16.9 Å². The summed E-state index contributed by atoms with van der Waals surface area (Å²) in [4.78, 5) is 11.6. The van der Waals surface area contributed by atoms with Crippen LogP contribution in [0.25, 0.3) is 11.1 Å². The quantitative estimate of drug-likeness (QED) is 0.783. The smallest absolute Gasteiger partial charge is 0.342 e. The van der Waals surface area contributed by atoms with Gasteiger partial charge in [0.05, 0.1) is 6.61 Å². The molecule has 1 radical (unpaired) electrons. The van der Waals surface area contributed by atoms with E-state index in [1.54, 1.807) is 25.1 Å². The lowest BCUT2D eigenvalue weighted by Crippen LogP contribution is -2.04. The molecule has 0 aromatic heterocycles. The van der Waals surface area contributed by atoms with Crippen LogP contribution in [0.5, 0.6) is 5.75 Å². The highest BCUT2D eigenvalue weighted by molar-refractivity contribution is 6.01. The first-order valence-electron chi connectivity index (χ1n) is 5.04. The van der Waals surface area contributed by atoms with Crippen molar-refractivity contribution in [1.29, 1.82) is 0 Å². The second-order valence-electron chi connectivity index (χ2n) is 3.31. The Morgan fingerprint density at radius 2 is 2.12 bits per heavy atom. The van der Waals surface area contributed by atoms with Crippen LogP contribution in [0.2, 0.25) is 0 Å². The number of aromatic hydroxyl groups is 1. The number of hydrogen-bond acceptors (Lipinski definition) is 3. The molecule has 0 saturated heterocycles. The second-order valence-corrected chi connectivity index (χ2v) is 3.31. The predicted octanol–water partition coefficient (Wildman–Crippen LogP) is 2.47. The second kappa shape index (κ2) is 4.23. The summed E-state index contributed by atoms with van der Waals surface area (Å²) >= 11 is 0. The molecule has 2 aliphatic carbocycles. The van der Waals surface area contributed by atoms with E-state index in [4.69, 9.17) is 4.74 Å². The zero-order valence-electron chi connectivity index (χ0n) is 8.86. The Morgan fingerprint density at radius 1 is 1.38 bits per heavy atom. The minimum Gasteiger partial charge on any atom is -0.506 e. The zero-order chi connectivity index (χ0) is 11.5. The van der Waals surface area contributed by atoms with Crippen molar-refractivity contribution >= 4 is 5.97 Å². The van der Waals surface area contributed by atoms with E-state index in [0.717, 1.165) is 0 Å². The molecule has 0 unspecified atom stereocenters. The third-order valence-electron chi connectivity index (χ3n) is 2.28. The molecule has 3 heteroatoms. The first-order chi connectivity index (χ1) is 7.74. The van der Waals surface area contributed by atoms with Crippen molar-refractivity contribution < 1.29 is 14.6 Å². The number of rotatable bonds is 2. The SMILES string of the molecule is CCOC(=O)c1c(O)[c]c2cccccc1-2. The maximum Gasteiger partial charge on any atom is 0.342 e. The van der Waals surface area contributed by atoms with Crippen LogP contribution in [0.4, 0.5) is 0 Å². The normalized spacial score (nSPS) is 10.3. The van der Waals surface area contributed by atoms with E-state index in [0.29, 0.717) is 11.1 Å². The molecule has 0 heterocycles. The topological polar surface area (TPSA) is 46.5 Å². The van der Waals surface area contributed by atoms with Gasteiger partial charge in [-0.15, -0.1) is 0 Å². The van der Waals surface area contributed by atoms with E-state index < -0.39 is 5.97 Å². The van der Waals surface area contributed by atoms with Gasteiger partial charge in [-0.2, -0.15) is 0 Å². The molecule has 0 amide bonds. The summed E-state index contributed by atoms with van der Waals surface area (Å²) in [6.07, 6.45) is 0. The number of esters is 1. The average molecular weight is 215 g/mol. The third kappa shape index (κ3) is 1.72. The maximum absolute atomic E-state index is 11.6. The molecule has 2 rings (SSSR count). The summed E-state index contributed by atoms with van der Waals surface area (Å²) in [5.41, 5.74) is 1.54. The molecule has 0 aromatic carbocycles. The number of ether oxygens (including phenoxy) is 1. The van der Waals surface area contributed by atoms with Gasteiger partial charge in [-0.05, 0) is 12.5 Å². The molecule has 1 N–H and O–H groups in total. The summed E-state index contributed by atoms with van der Waals surface area (Å²) < 4.78 is 4.89. The largest absolute Gasteiger partial charge is 0.506 e. The zero-order valence-corrected chi connectivity index (χ0v) is 8.86. The molecule has 0 spiro atoms. The molecule has 0 fully saturated rings. The Hall–Kier alpha value is -2.03. The molecular formula is C13H11O3. The Kier molecular flexibility index (Phi) is 2.77. The third-order valence-corrected chi connectivity index (χ3v) is 2.28. The Bertz CT molecular complexity index is 491. The fourth-order valence-corrected chi connectivity index (χ4v) is 1.60. The van der Waals surface area contributed by atoms with Crippen LogP contribution >= 0.6 is 0 Å². The van der Waals surface area contributed by atoms with E-state index in [-0.39, 0.29) is 17.9 Å². The van der Waals surface area contributed by atoms with Gasteiger partial charge in [-0.3, -0.25) is 0 Å². The average Bonchev–Trinajstić information content (AvgIpc) is 2.43. The van der Waals surface area contributed by atoms with Gasteiger partial charge in [0.15, 0.2) is 0 Å². The molecular weight excluding hydrogens is 204 g/mol. The molecule has 81 valence electrons. The fraction of sp³-hybridized carbons (Fsp3) is 0.154. The van der Waals surface area contributed by atoms with Crippen LogP contribution in [0.15, 0.2) is 30.3 Å².